The molecule has 10 heteroatoms. The standard InChI is InChI=1S/C23H40N4O5S/c1-19-16-21(31-6)17-20(2)23(19)33(29,30)25(5)14-15-32-18-22(28)27-12-10-26(11-13-27)9-7-8-24(3)4/h16-17H,7-15,18H2,1-6H3. The first-order valence-electron chi connectivity index (χ1n) is 11.4. The molecule has 0 spiro atoms. The van der Waals surface area contributed by atoms with Gasteiger partial charge in [-0.1, -0.05) is 0 Å². The predicted octanol–water partition coefficient (Wildman–Crippen LogP) is 1.05. The van der Waals surface area contributed by atoms with Crippen molar-refractivity contribution in [1.29, 1.82) is 0 Å². The summed E-state index contributed by atoms with van der Waals surface area (Å²) in [6.45, 7) is 9.07. The zero-order valence-electron chi connectivity index (χ0n) is 21.0. The summed E-state index contributed by atoms with van der Waals surface area (Å²) in [4.78, 5) is 19.1. The summed E-state index contributed by atoms with van der Waals surface area (Å²) in [5, 5.41) is 0. The van der Waals surface area contributed by atoms with Crippen LogP contribution >= 0.6 is 0 Å². The van der Waals surface area contributed by atoms with Crippen molar-refractivity contribution >= 4 is 15.9 Å². The Morgan fingerprint density at radius 2 is 1.64 bits per heavy atom. The van der Waals surface area contributed by atoms with Crippen molar-refractivity contribution in [2.24, 2.45) is 0 Å². The third-order valence-corrected chi connectivity index (χ3v) is 8.08. The zero-order valence-corrected chi connectivity index (χ0v) is 21.8. The highest BCUT2D eigenvalue weighted by atomic mass is 32.2. The summed E-state index contributed by atoms with van der Waals surface area (Å²) in [7, 11) is 3.56. The molecular weight excluding hydrogens is 444 g/mol. The molecule has 0 atom stereocenters. The van der Waals surface area contributed by atoms with Gasteiger partial charge >= 0.3 is 0 Å². The first kappa shape index (κ1) is 27.5. The average Bonchev–Trinajstić information content (AvgIpc) is 2.75. The molecule has 0 saturated carbocycles. The van der Waals surface area contributed by atoms with E-state index in [9.17, 15) is 13.2 Å². The van der Waals surface area contributed by atoms with Crippen LogP contribution in [0.3, 0.4) is 0 Å². The summed E-state index contributed by atoms with van der Waals surface area (Å²) >= 11 is 0. The quantitative estimate of drug-likeness (QED) is 0.410. The number of carbonyl (C=O) groups excluding carboxylic acids is 1. The minimum Gasteiger partial charge on any atom is -0.497 e. The lowest BCUT2D eigenvalue weighted by atomic mass is 10.1. The Labute approximate surface area is 199 Å². The van der Waals surface area contributed by atoms with Crippen LogP contribution in [-0.2, 0) is 19.6 Å². The van der Waals surface area contributed by atoms with Gasteiger partial charge in [0, 0.05) is 39.8 Å². The largest absolute Gasteiger partial charge is 0.497 e. The third kappa shape index (κ3) is 7.92. The Morgan fingerprint density at radius 1 is 1.03 bits per heavy atom. The fourth-order valence-corrected chi connectivity index (χ4v) is 5.54. The van der Waals surface area contributed by atoms with Crippen LogP contribution in [0.2, 0.25) is 0 Å². The summed E-state index contributed by atoms with van der Waals surface area (Å²) < 4.78 is 38.1. The van der Waals surface area contributed by atoms with Crippen LogP contribution in [-0.4, -0.2) is 121 Å². The van der Waals surface area contributed by atoms with E-state index >= 15 is 0 Å². The number of aryl methyl sites for hydroxylation is 2. The topological polar surface area (TPSA) is 82.6 Å². The Kier molecular flexibility index (Phi) is 10.6. The molecule has 0 aromatic heterocycles. The molecule has 2 rings (SSSR count). The molecule has 0 unspecified atom stereocenters. The number of piperazine rings is 1. The van der Waals surface area contributed by atoms with Crippen LogP contribution in [0.1, 0.15) is 17.5 Å². The maximum Gasteiger partial charge on any atom is 0.248 e. The van der Waals surface area contributed by atoms with E-state index in [-0.39, 0.29) is 30.6 Å². The van der Waals surface area contributed by atoms with Crippen molar-refractivity contribution in [1.82, 2.24) is 19.0 Å². The fourth-order valence-electron chi connectivity index (χ4n) is 3.99. The number of benzene rings is 1. The second kappa shape index (κ2) is 12.7. The Morgan fingerprint density at radius 3 is 2.18 bits per heavy atom. The van der Waals surface area contributed by atoms with Crippen molar-refractivity contribution in [3.05, 3.63) is 23.3 Å². The number of methoxy groups -OCH3 is 1. The molecule has 1 amide bonds. The van der Waals surface area contributed by atoms with Crippen LogP contribution in [0.4, 0.5) is 0 Å². The summed E-state index contributed by atoms with van der Waals surface area (Å²) in [5.41, 5.74) is 1.27. The molecule has 0 bridgehead atoms. The van der Waals surface area contributed by atoms with Crippen LogP contribution in [0.5, 0.6) is 5.75 Å². The van der Waals surface area contributed by atoms with Crippen molar-refractivity contribution in [3.8, 4) is 5.75 Å². The van der Waals surface area contributed by atoms with Crippen molar-refractivity contribution in [2.75, 3.05) is 87.3 Å². The average molecular weight is 485 g/mol. The summed E-state index contributed by atoms with van der Waals surface area (Å²) in [6.07, 6.45) is 1.12. The van der Waals surface area contributed by atoms with E-state index in [1.165, 1.54) is 11.4 Å². The van der Waals surface area contributed by atoms with E-state index in [0.717, 1.165) is 32.6 Å². The van der Waals surface area contributed by atoms with Gasteiger partial charge in [-0.15, -0.1) is 0 Å². The number of rotatable bonds is 12. The summed E-state index contributed by atoms with van der Waals surface area (Å²) in [5.74, 6) is 0.582. The second-order valence-electron chi connectivity index (χ2n) is 8.85. The first-order valence-corrected chi connectivity index (χ1v) is 12.8. The van der Waals surface area contributed by atoms with E-state index < -0.39 is 10.0 Å². The van der Waals surface area contributed by atoms with Crippen LogP contribution < -0.4 is 4.74 Å². The molecule has 188 valence electrons. The number of ether oxygens (including phenoxy) is 2. The molecule has 1 aromatic carbocycles. The van der Waals surface area contributed by atoms with Gasteiger partial charge in [-0.3, -0.25) is 9.69 Å². The Bertz CT molecular complexity index is 860. The van der Waals surface area contributed by atoms with Crippen LogP contribution in [0.15, 0.2) is 17.0 Å². The van der Waals surface area contributed by atoms with Crippen LogP contribution in [0, 0.1) is 13.8 Å². The van der Waals surface area contributed by atoms with E-state index in [4.69, 9.17) is 9.47 Å². The number of likely N-dealkylation sites (N-methyl/N-ethyl adjacent to an activating group) is 1. The molecule has 0 aliphatic carbocycles. The minimum absolute atomic E-state index is 0.0326. The monoisotopic (exact) mass is 484 g/mol. The molecule has 1 fully saturated rings. The molecular formula is C23H40N4O5S. The molecule has 1 heterocycles. The van der Waals surface area contributed by atoms with Crippen molar-refractivity contribution < 1.29 is 22.7 Å². The molecule has 0 N–H and O–H groups in total. The highest BCUT2D eigenvalue weighted by Crippen LogP contribution is 2.27. The lowest BCUT2D eigenvalue weighted by Crippen LogP contribution is -2.50. The van der Waals surface area contributed by atoms with Gasteiger partial charge in [-0.25, -0.2) is 8.42 Å². The fraction of sp³-hybridized carbons (Fsp3) is 0.696. The van der Waals surface area contributed by atoms with E-state index in [1.54, 1.807) is 33.1 Å². The van der Waals surface area contributed by atoms with Gasteiger partial charge in [0.15, 0.2) is 0 Å². The van der Waals surface area contributed by atoms with Crippen LogP contribution in [0.25, 0.3) is 0 Å². The van der Waals surface area contributed by atoms with Gasteiger partial charge < -0.3 is 19.3 Å². The Balaban J connectivity index is 1.76. The number of hydrogen-bond donors (Lipinski definition) is 0. The highest BCUT2D eigenvalue weighted by Gasteiger charge is 2.26. The molecule has 0 radical (unpaired) electrons. The molecule has 33 heavy (non-hydrogen) atoms. The maximum absolute atomic E-state index is 13.0. The lowest BCUT2D eigenvalue weighted by Gasteiger charge is -2.34. The normalized spacial score (nSPS) is 15.5. The number of carbonyl (C=O) groups is 1. The van der Waals surface area contributed by atoms with Crippen molar-refractivity contribution in [2.45, 2.75) is 25.2 Å². The molecule has 1 aliphatic rings. The molecule has 1 saturated heterocycles. The predicted molar refractivity (Wildman–Crippen MR) is 129 cm³/mol. The molecule has 9 nitrogen and oxygen atoms in total. The highest BCUT2D eigenvalue weighted by molar-refractivity contribution is 7.89. The van der Waals surface area contributed by atoms with E-state index in [2.05, 4.69) is 23.9 Å². The summed E-state index contributed by atoms with van der Waals surface area (Å²) in [6, 6.07) is 3.43. The second-order valence-corrected chi connectivity index (χ2v) is 10.8. The maximum atomic E-state index is 13.0. The lowest BCUT2D eigenvalue weighted by molar-refractivity contribution is -0.137. The van der Waals surface area contributed by atoms with Gasteiger partial charge in [0.25, 0.3) is 0 Å². The van der Waals surface area contributed by atoms with Crippen molar-refractivity contribution in [3.63, 3.8) is 0 Å². The van der Waals surface area contributed by atoms with Gasteiger partial charge in [0.1, 0.15) is 12.4 Å². The number of sulfonamides is 1. The van der Waals surface area contributed by atoms with E-state index in [1.807, 2.05) is 4.90 Å². The SMILES string of the molecule is COc1cc(C)c(S(=O)(=O)N(C)CCOCC(=O)N2CCN(CCCN(C)C)CC2)c(C)c1. The number of nitrogens with zero attached hydrogens (tertiary/aromatic N) is 4. The number of hydrogen-bond acceptors (Lipinski definition) is 7. The minimum atomic E-state index is -3.67. The third-order valence-electron chi connectivity index (χ3n) is 5.92. The zero-order chi connectivity index (χ0) is 24.6. The molecule has 1 aliphatic heterocycles. The van der Waals surface area contributed by atoms with E-state index in [0.29, 0.717) is 30.0 Å². The molecule has 1 aromatic rings. The number of amides is 1. The Hall–Kier alpha value is -1.72. The van der Waals surface area contributed by atoms with Gasteiger partial charge in [-0.05, 0) is 70.7 Å². The smallest absolute Gasteiger partial charge is 0.248 e. The first-order chi connectivity index (χ1) is 15.6. The van der Waals surface area contributed by atoms with Gasteiger partial charge in [-0.2, -0.15) is 4.31 Å². The van der Waals surface area contributed by atoms with Gasteiger partial charge in [0.2, 0.25) is 15.9 Å². The van der Waals surface area contributed by atoms with Gasteiger partial charge in [0.05, 0.1) is 18.6 Å².